The maximum atomic E-state index is 13.7. The summed E-state index contributed by atoms with van der Waals surface area (Å²) in [5, 5.41) is 0. The summed E-state index contributed by atoms with van der Waals surface area (Å²) in [5.74, 6) is -1.93. The number of hydrogen-bond donors (Lipinski definition) is 0. The fourth-order valence-corrected chi connectivity index (χ4v) is 2.68. The SMILES string of the molecule is Fc1cccc(-c2cc(-c3ccc(F)c(F)c3)nc(-c3ccncc3)n2)c1. The van der Waals surface area contributed by atoms with Gasteiger partial charge in [-0.1, -0.05) is 12.1 Å². The minimum Gasteiger partial charge on any atom is -0.265 e. The largest absolute Gasteiger partial charge is 0.265 e. The summed E-state index contributed by atoms with van der Waals surface area (Å²) in [5.41, 5.74) is 2.51. The molecule has 3 nitrogen and oxygen atoms in total. The van der Waals surface area contributed by atoms with Gasteiger partial charge >= 0.3 is 0 Å². The van der Waals surface area contributed by atoms with Crippen LogP contribution in [0, 0.1) is 17.5 Å². The second kappa shape index (κ2) is 6.99. The van der Waals surface area contributed by atoms with Crippen LogP contribution in [0.2, 0.25) is 0 Å². The molecule has 0 aliphatic carbocycles. The van der Waals surface area contributed by atoms with Gasteiger partial charge in [0, 0.05) is 29.1 Å². The van der Waals surface area contributed by atoms with Gasteiger partial charge in [-0.05, 0) is 48.5 Å². The van der Waals surface area contributed by atoms with Gasteiger partial charge in [-0.3, -0.25) is 4.98 Å². The molecule has 2 aromatic carbocycles. The van der Waals surface area contributed by atoms with Crippen molar-refractivity contribution in [3.63, 3.8) is 0 Å². The predicted octanol–water partition coefficient (Wildman–Crippen LogP) is 5.29. The van der Waals surface area contributed by atoms with Crippen molar-refractivity contribution >= 4 is 0 Å². The summed E-state index contributed by atoms with van der Waals surface area (Å²) >= 11 is 0. The first-order valence-corrected chi connectivity index (χ1v) is 8.11. The Morgan fingerprint density at radius 2 is 1.30 bits per heavy atom. The van der Waals surface area contributed by atoms with Crippen LogP contribution in [0.25, 0.3) is 33.9 Å². The van der Waals surface area contributed by atoms with Gasteiger partial charge in [0.05, 0.1) is 11.4 Å². The number of pyridine rings is 1. The normalized spacial score (nSPS) is 10.8. The number of rotatable bonds is 3. The molecule has 0 bridgehead atoms. The minimum atomic E-state index is -0.969. The second-order valence-electron chi connectivity index (χ2n) is 5.84. The highest BCUT2D eigenvalue weighted by atomic mass is 19.2. The van der Waals surface area contributed by atoms with E-state index in [4.69, 9.17) is 0 Å². The van der Waals surface area contributed by atoms with Crippen LogP contribution in [-0.2, 0) is 0 Å². The minimum absolute atomic E-state index is 0.374. The number of halogens is 3. The lowest BCUT2D eigenvalue weighted by Gasteiger charge is -2.09. The van der Waals surface area contributed by atoms with Gasteiger partial charge in [0.1, 0.15) is 5.82 Å². The molecule has 0 saturated carbocycles. The zero-order chi connectivity index (χ0) is 18.8. The van der Waals surface area contributed by atoms with E-state index in [1.54, 1.807) is 42.7 Å². The summed E-state index contributed by atoms with van der Waals surface area (Å²) in [7, 11) is 0. The van der Waals surface area contributed by atoms with Gasteiger partial charge in [0.15, 0.2) is 17.5 Å². The second-order valence-corrected chi connectivity index (χ2v) is 5.84. The number of hydrogen-bond acceptors (Lipinski definition) is 3. The van der Waals surface area contributed by atoms with Crippen molar-refractivity contribution in [2.75, 3.05) is 0 Å². The highest BCUT2D eigenvalue weighted by Gasteiger charge is 2.12. The lowest BCUT2D eigenvalue weighted by Crippen LogP contribution is -1.97. The Bertz CT molecular complexity index is 1110. The van der Waals surface area contributed by atoms with Crippen LogP contribution >= 0.6 is 0 Å². The lowest BCUT2D eigenvalue weighted by atomic mass is 10.1. The van der Waals surface area contributed by atoms with E-state index < -0.39 is 17.5 Å². The Balaban J connectivity index is 1.92. The topological polar surface area (TPSA) is 38.7 Å². The van der Waals surface area contributed by atoms with E-state index in [1.165, 1.54) is 18.2 Å². The lowest BCUT2D eigenvalue weighted by molar-refractivity contribution is 0.509. The van der Waals surface area contributed by atoms with E-state index in [2.05, 4.69) is 15.0 Å². The first kappa shape index (κ1) is 16.9. The molecule has 27 heavy (non-hydrogen) atoms. The molecular formula is C21H12F3N3. The molecule has 4 aromatic rings. The summed E-state index contributed by atoms with van der Waals surface area (Å²) in [4.78, 5) is 12.9. The number of nitrogens with zero attached hydrogens (tertiary/aromatic N) is 3. The molecule has 2 aromatic heterocycles. The third kappa shape index (κ3) is 3.55. The fourth-order valence-electron chi connectivity index (χ4n) is 2.68. The molecule has 0 N–H and O–H groups in total. The third-order valence-electron chi connectivity index (χ3n) is 4.00. The summed E-state index contributed by atoms with van der Waals surface area (Å²) in [6, 6.07) is 14.6. The predicted molar refractivity (Wildman–Crippen MR) is 96.0 cm³/mol. The Labute approximate surface area is 153 Å². The molecular weight excluding hydrogens is 351 g/mol. The molecule has 0 aliphatic heterocycles. The van der Waals surface area contributed by atoms with E-state index in [-0.39, 0.29) is 0 Å². The zero-order valence-corrected chi connectivity index (χ0v) is 13.9. The van der Waals surface area contributed by atoms with Crippen molar-refractivity contribution < 1.29 is 13.2 Å². The van der Waals surface area contributed by atoms with Crippen molar-refractivity contribution in [1.29, 1.82) is 0 Å². The average molecular weight is 363 g/mol. The molecule has 132 valence electrons. The van der Waals surface area contributed by atoms with Crippen LogP contribution in [0.5, 0.6) is 0 Å². The van der Waals surface area contributed by atoms with Crippen molar-refractivity contribution in [2.24, 2.45) is 0 Å². The Hall–Kier alpha value is -3.54. The molecule has 0 aliphatic rings. The van der Waals surface area contributed by atoms with Gasteiger partial charge in [0.25, 0.3) is 0 Å². The molecule has 2 heterocycles. The van der Waals surface area contributed by atoms with Gasteiger partial charge in [-0.15, -0.1) is 0 Å². The average Bonchev–Trinajstić information content (AvgIpc) is 2.70. The Morgan fingerprint density at radius 3 is 1.96 bits per heavy atom. The van der Waals surface area contributed by atoms with Crippen molar-refractivity contribution in [3.05, 3.63) is 90.5 Å². The third-order valence-corrected chi connectivity index (χ3v) is 4.00. The molecule has 6 heteroatoms. The fraction of sp³-hybridized carbons (Fsp3) is 0. The molecule has 0 saturated heterocycles. The van der Waals surface area contributed by atoms with Gasteiger partial charge in [-0.25, -0.2) is 23.1 Å². The smallest absolute Gasteiger partial charge is 0.160 e. The van der Waals surface area contributed by atoms with Crippen LogP contribution in [0.4, 0.5) is 13.2 Å². The molecule has 0 radical (unpaired) electrons. The highest BCUT2D eigenvalue weighted by molar-refractivity contribution is 5.71. The summed E-state index contributed by atoms with van der Waals surface area (Å²) in [6.45, 7) is 0. The molecule has 0 amide bonds. The van der Waals surface area contributed by atoms with Crippen molar-refractivity contribution in [2.45, 2.75) is 0 Å². The quantitative estimate of drug-likeness (QED) is 0.496. The number of aromatic nitrogens is 3. The van der Waals surface area contributed by atoms with Crippen LogP contribution in [-0.4, -0.2) is 15.0 Å². The summed E-state index contributed by atoms with van der Waals surface area (Å²) < 4.78 is 40.6. The van der Waals surface area contributed by atoms with E-state index >= 15 is 0 Å². The van der Waals surface area contributed by atoms with Gasteiger partial charge in [-0.2, -0.15) is 0 Å². The summed E-state index contributed by atoms with van der Waals surface area (Å²) in [6.07, 6.45) is 3.20. The Kier molecular flexibility index (Phi) is 4.38. The first-order valence-electron chi connectivity index (χ1n) is 8.11. The van der Waals surface area contributed by atoms with Crippen LogP contribution in [0.15, 0.2) is 73.1 Å². The monoisotopic (exact) mass is 363 g/mol. The van der Waals surface area contributed by atoms with Crippen LogP contribution < -0.4 is 0 Å². The number of benzene rings is 2. The van der Waals surface area contributed by atoms with Gasteiger partial charge in [0.2, 0.25) is 0 Å². The Morgan fingerprint density at radius 1 is 0.593 bits per heavy atom. The van der Waals surface area contributed by atoms with Crippen molar-refractivity contribution in [3.8, 4) is 33.9 Å². The van der Waals surface area contributed by atoms with E-state index in [0.717, 1.165) is 12.1 Å². The molecule has 4 rings (SSSR count). The van der Waals surface area contributed by atoms with Crippen molar-refractivity contribution in [1.82, 2.24) is 15.0 Å². The van der Waals surface area contributed by atoms with Gasteiger partial charge < -0.3 is 0 Å². The van der Waals surface area contributed by atoms with E-state index in [1.807, 2.05) is 0 Å². The first-order chi connectivity index (χ1) is 13.1. The maximum absolute atomic E-state index is 13.7. The van der Waals surface area contributed by atoms with E-state index in [0.29, 0.717) is 33.9 Å². The molecule has 0 unspecified atom stereocenters. The van der Waals surface area contributed by atoms with Crippen LogP contribution in [0.3, 0.4) is 0 Å². The highest BCUT2D eigenvalue weighted by Crippen LogP contribution is 2.28. The molecule has 0 fully saturated rings. The zero-order valence-electron chi connectivity index (χ0n) is 13.9. The standard InChI is InChI=1S/C21H12F3N3/c22-16-3-1-2-14(10-16)19-12-20(15-4-5-17(23)18(24)11-15)27-21(26-19)13-6-8-25-9-7-13/h1-12H. The van der Waals surface area contributed by atoms with E-state index in [9.17, 15) is 13.2 Å². The molecule has 0 atom stereocenters. The molecule has 0 spiro atoms. The maximum Gasteiger partial charge on any atom is 0.160 e. The van der Waals surface area contributed by atoms with Crippen LogP contribution in [0.1, 0.15) is 0 Å².